The van der Waals surface area contributed by atoms with Crippen molar-refractivity contribution in [3.05, 3.63) is 72.1 Å². The molecule has 0 bridgehead atoms. The van der Waals surface area contributed by atoms with Crippen molar-refractivity contribution in [3.63, 3.8) is 0 Å². The van der Waals surface area contributed by atoms with Crippen LogP contribution in [0.15, 0.2) is 65.4 Å². The van der Waals surface area contributed by atoms with Crippen molar-refractivity contribution in [2.24, 2.45) is 0 Å². The summed E-state index contributed by atoms with van der Waals surface area (Å²) in [6.45, 7) is 0.468. The maximum Gasteiger partial charge on any atom is 0.322 e. The number of hydrogen-bond donors (Lipinski definition) is 2. The van der Waals surface area contributed by atoms with Crippen LogP contribution in [0, 0.1) is 0 Å². The molecule has 1 unspecified atom stereocenters. The molecule has 6 nitrogen and oxygen atoms in total. The maximum atomic E-state index is 12.7. The lowest BCUT2D eigenvalue weighted by Gasteiger charge is -2.36. The lowest BCUT2D eigenvalue weighted by Crippen LogP contribution is -2.43. The Bertz CT molecular complexity index is 891. The molecule has 1 atom stereocenters. The predicted octanol–water partition coefficient (Wildman–Crippen LogP) is 3.47. The first kappa shape index (κ1) is 16.4. The Labute approximate surface area is 151 Å². The third-order valence-corrected chi connectivity index (χ3v) is 4.66. The Morgan fingerprint density at radius 3 is 2.77 bits per heavy atom. The minimum atomic E-state index is -0.327. The number of anilines is 1. The van der Waals surface area contributed by atoms with Crippen molar-refractivity contribution in [1.29, 1.82) is 0 Å². The molecule has 132 valence electrons. The molecule has 0 saturated heterocycles. The van der Waals surface area contributed by atoms with Gasteiger partial charge in [0, 0.05) is 17.8 Å². The second-order valence-corrected chi connectivity index (χ2v) is 6.19. The molecule has 26 heavy (non-hydrogen) atoms. The van der Waals surface area contributed by atoms with Gasteiger partial charge < -0.3 is 19.7 Å². The van der Waals surface area contributed by atoms with E-state index in [-0.39, 0.29) is 18.7 Å². The van der Waals surface area contributed by atoms with E-state index in [1.54, 1.807) is 11.1 Å². The number of hydrogen-bond acceptors (Lipinski definition) is 4. The summed E-state index contributed by atoms with van der Waals surface area (Å²) in [5, 5.41) is 12.7. The van der Waals surface area contributed by atoms with Gasteiger partial charge in [0.15, 0.2) is 0 Å². The number of rotatable bonds is 3. The lowest BCUT2D eigenvalue weighted by atomic mass is 9.93. The highest BCUT2D eigenvalue weighted by atomic mass is 16.3. The number of nitrogens with zero attached hydrogens (tertiary/aromatic N) is 2. The van der Waals surface area contributed by atoms with Crippen molar-refractivity contribution in [2.75, 3.05) is 18.5 Å². The Hall–Kier alpha value is -3.12. The summed E-state index contributed by atoms with van der Waals surface area (Å²) in [7, 11) is 0. The maximum absolute atomic E-state index is 12.7. The van der Waals surface area contributed by atoms with Gasteiger partial charge in [-0.3, -0.25) is 0 Å². The molecular formula is C20H19N3O3. The van der Waals surface area contributed by atoms with Gasteiger partial charge in [0.2, 0.25) is 5.89 Å². The number of nitrogens with one attached hydrogen (secondary N) is 1. The van der Waals surface area contributed by atoms with E-state index in [0.717, 1.165) is 17.5 Å². The summed E-state index contributed by atoms with van der Waals surface area (Å²) in [5.74, 6) is 0.538. The van der Waals surface area contributed by atoms with E-state index < -0.39 is 0 Å². The van der Waals surface area contributed by atoms with Crippen LogP contribution in [-0.2, 0) is 6.42 Å². The quantitative estimate of drug-likeness (QED) is 0.759. The number of benzene rings is 2. The fraction of sp³-hybridized carbons (Fsp3) is 0.200. The number of carbonyl (C=O) groups excluding carboxylic acids is 1. The zero-order valence-electron chi connectivity index (χ0n) is 14.1. The standard InChI is InChI=1S/C20H19N3O3/c24-13-18-17-4-2-1-3-14(17)9-11-23(18)20(25)22-16-7-5-15(6-8-16)19-21-10-12-26-19/h1-8,10,12,18,24H,9,11,13H2,(H,22,25). The Balaban J connectivity index is 1.49. The molecule has 1 aliphatic heterocycles. The first-order valence-corrected chi connectivity index (χ1v) is 8.52. The SMILES string of the molecule is O=C(Nc1ccc(-c2ncco2)cc1)N1CCc2ccccc2C1CO. The van der Waals surface area contributed by atoms with Gasteiger partial charge in [0.05, 0.1) is 18.8 Å². The molecule has 0 aliphatic carbocycles. The van der Waals surface area contributed by atoms with Crippen LogP contribution < -0.4 is 5.32 Å². The highest BCUT2D eigenvalue weighted by molar-refractivity contribution is 5.90. The van der Waals surface area contributed by atoms with Gasteiger partial charge in [-0.15, -0.1) is 0 Å². The smallest absolute Gasteiger partial charge is 0.322 e. The van der Waals surface area contributed by atoms with Gasteiger partial charge in [-0.05, 0) is 41.8 Å². The van der Waals surface area contributed by atoms with Gasteiger partial charge in [-0.2, -0.15) is 0 Å². The molecule has 0 spiro atoms. The third kappa shape index (κ3) is 3.07. The molecule has 1 aromatic heterocycles. The number of urea groups is 1. The molecule has 0 saturated carbocycles. The molecule has 3 aromatic rings. The summed E-state index contributed by atoms with van der Waals surface area (Å²) in [4.78, 5) is 18.5. The minimum Gasteiger partial charge on any atom is -0.445 e. The van der Waals surface area contributed by atoms with Crippen LogP contribution >= 0.6 is 0 Å². The van der Waals surface area contributed by atoms with E-state index in [9.17, 15) is 9.90 Å². The summed E-state index contributed by atoms with van der Waals surface area (Å²) < 4.78 is 5.26. The largest absolute Gasteiger partial charge is 0.445 e. The molecule has 2 heterocycles. The third-order valence-electron chi connectivity index (χ3n) is 4.66. The molecule has 4 rings (SSSR count). The molecule has 6 heteroatoms. The van der Waals surface area contributed by atoms with Crippen LogP contribution in [0.25, 0.3) is 11.5 Å². The van der Waals surface area contributed by atoms with Crippen LogP contribution in [0.4, 0.5) is 10.5 Å². The van der Waals surface area contributed by atoms with Crippen LogP contribution in [-0.4, -0.2) is 34.2 Å². The number of aliphatic hydroxyl groups is 1. The number of carbonyl (C=O) groups is 1. The molecular weight excluding hydrogens is 330 g/mol. The van der Waals surface area contributed by atoms with Crippen molar-refractivity contribution in [3.8, 4) is 11.5 Å². The second-order valence-electron chi connectivity index (χ2n) is 6.19. The normalized spacial score (nSPS) is 16.2. The first-order valence-electron chi connectivity index (χ1n) is 8.52. The van der Waals surface area contributed by atoms with E-state index in [1.807, 2.05) is 42.5 Å². The monoisotopic (exact) mass is 349 g/mol. The molecule has 2 N–H and O–H groups in total. The van der Waals surface area contributed by atoms with Crippen molar-refractivity contribution in [2.45, 2.75) is 12.5 Å². The summed E-state index contributed by atoms with van der Waals surface area (Å²) >= 11 is 0. The van der Waals surface area contributed by atoms with E-state index >= 15 is 0 Å². The van der Waals surface area contributed by atoms with Crippen LogP contribution in [0.1, 0.15) is 17.2 Å². The zero-order chi connectivity index (χ0) is 17.9. The van der Waals surface area contributed by atoms with E-state index in [4.69, 9.17) is 4.42 Å². The number of aromatic nitrogens is 1. The summed E-state index contributed by atoms with van der Waals surface area (Å²) in [5.41, 5.74) is 3.72. The molecule has 1 aliphatic rings. The van der Waals surface area contributed by atoms with Crippen molar-refractivity contribution in [1.82, 2.24) is 9.88 Å². The van der Waals surface area contributed by atoms with E-state index in [1.165, 1.54) is 11.8 Å². The minimum absolute atomic E-state index is 0.104. The molecule has 0 fully saturated rings. The highest BCUT2D eigenvalue weighted by Crippen LogP contribution is 2.30. The fourth-order valence-electron chi connectivity index (χ4n) is 3.35. The zero-order valence-corrected chi connectivity index (χ0v) is 14.1. The fourth-order valence-corrected chi connectivity index (χ4v) is 3.35. The highest BCUT2D eigenvalue weighted by Gasteiger charge is 2.30. The van der Waals surface area contributed by atoms with Crippen molar-refractivity contribution < 1.29 is 14.3 Å². The number of fused-ring (bicyclic) bond motifs is 1. The number of aliphatic hydroxyl groups excluding tert-OH is 1. The first-order chi connectivity index (χ1) is 12.8. The van der Waals surface area contributed by atoms with Crippen molar-refractivity contribution >= 4 is 11.7 Å². The number of amides is 2. The van der Waals surface area contributed by atoms with Gasteiger partial charge >= 0.3 is 6.03 Å². The van der Waals surface area contributed by atoms with Crippen LogP contribution in [0.3, 0.4) is 0 Å². The van der Waals surface area contributed by atoms with Gasteiger partial charge in [-0.25, -0.2) is 9.78 Å². The number of oxazole rings is 1. The summed E-state index contributed by atoms with van der Waals surface area (Å²) in [6.07, 6.45) is 3.89. The Morgan fingerprint density at radius 1 is 1.23 bits per heavy atom. The second kappa shape index (κ2) is 7.01. The lowest BCUT2D eigenvalue weighted by molar-refractivity contribution is 0.135. The van der Waals surface area contributed by atoms with Gasteiger partial charge in [0.1, 0.15) is 6.26 Å². The van der Waals surface area contributed by atoms with Crippen LogP contribution in [0.2, 0.25) is 0 Å². The molecule has 0 radical (unpaired) electrons. The predicted molar refractivity (Wildman–Crippen MR) is 97.6 cm³/mol. The average Bonchev–Trinajstić information content (AvgIpc) is 3.22. The van der Waals surface area contributed by atoms with Gasteiger partial charge in [0.25, 0.3) is 0 Å². The molecule has 2 amide bonds. The summed E-state index contributed by atoms with van der Waals surface area (Å²) in [6, 6.07) is 14.7. The van der Waals surface area contributed by atoms with E-state index in [2.05, 4.69) is 16.4 Å². The topological polar surface area (TPSA) is 78.6 Å². The van der Waals surface area contributed by atoms with Gasteiger partial charge in [-0.1, -0.05) is 24.3 Å². The average molecular weight is 349 g/mol. The van der Waals surface area contributed by atoms with Crippen LogP contribution in [0.5, 0.6) is 0 Å². The molecule has 2 aromatic carbocycles. The Morgan fingerprint density at radius 2 is 2.04 bits per heavy atom. The van der Waals surface area contributed by atoms with E-state index in [0.29, 0.717) is 18.1 Å². The Kier molecular flexibility index (Phi) is 4.41.